The quantitative estimate of drug-likeness (QED) is 0.485. The predicted octanol–water partition coefficient (Wildman–Crippen LogP) is 1.73. The molecule has 0 spiro atoms. The van der Waals surface area contributed by atoms with Crippen LogP contribution in [0.15, 0.2) is 6.07 Å². The van der Waals surface area contributed by atoms with Gasteiger partial charge in [0.15, 0.2) is 0 Å². The summed E-state index contributed by atoms with van der Waals surface area (Å²) in [5.74, 6) is -0.419. The Morgan fingerprint density at radius 1 is 1.76 bits per heavy atom. The van der Waals surface area contributed by atoms with Gasteiger partial charge in [-0.1, -0.05) is 11.6 Å². The van der Waals surface area contributed by atoms with Crippen molar-refractivity contribution in [3.8, 4) is 0 Å². The van der Waals surface area contributed by atoms with Crippen LogP contribution in [0.1, 0.15) is 6.92 Å². The van der Waals surface area contributed by atoms with Crippen LogP contribution in [-0.2, 0) is 0 Å². The largest absolute Gasteiger partial charge is 0.465 e. The van der Waals surface area contributed by atoms with E-state index in [1.165, 1.54) is 6.92 Å². The van der Waals surface area contributed by atoms with E-state index in [4.69, 9.17) is 22.4 Å². The van der Waals surface area contributed by atoms with Crippen molar-refractivity contribution < 1.29 is 14.8 Å². The molecule has 0 saturated heterocycles. The van der Waals surface area contributed by atoms with Crippen LogP contribution in [0.2, 0.25) is 5.15 Å². The number of carboxylic acid groups (broad SMARTS) is 1. The van der Waals surface area contributed by atoms with Gasteiger partial charge in [0, 0.05) is 12.6 Å². The molecule has 17 heavy (non-hydrogen) atoms. The molecule has 0 bridgehead atoms. The van der Waals surface area contributed by atoms with Crippen molar-refractivity contribution in [3.05, 3.63) is 21.3 Å². The number of pyridine rings is 1. The van der Waals surface area contributed by atoms with Crippen molar-refractivity contribution in [2.24, 2.45) is 0 Å². The van der Waals surface area contributed by atoms with E-state index in [2.05, 4.69) is 4.98 Å². The minimum absolute atomic E-state index is 0.0238. The van der Waals surface area contributed by atoms with E-state index in [0.717, 1.165) is 11.0 Å². The third-order valence-electron chi connectivity index (χ3n) is 1.99. The SMILES string of the molecule is CCN(C(=O)O)c1cc(Cl)nc(N)c1[N+](=O)[O-]. The molecule has 3 N–H and O–H groups in total. The van der Waals surface area contributed by atoms with Crippen LogP contribution in [0.25, 0.3) is 0 Å². The second-order valence-electron chi connectivity index (χ2n) is 2.98. The van der Waals surface area contributed by atoms with Gasteiger partial charge in [0.1, 0.15) is 10.8 Å². The Morgan fingerprint density at radius 2 is 2.35 bits per heavy atom. The minimum Gasteiger partial charge on any atom is -0.465 e. The highest BCUT2D eigenvalue weighted by Gasteiger charge is 2.27. The van der Waals surface area contributed by atoms with Crippen LogP contribution < -0.4 is 10.6 Å². The summed E-state index contributed by atoms with van der Waals surface area (Å²) >= 11 is 5.60. The Bertz CT molecular complexity index is 479. The molecule has 0 aliphatic carbocycles. The van der Waals surface area contributed by atoms with E-state index in [1.807, 2.05) is 0 Å². The van der Waals surface area contributed by atoms with Gasteiger partial charge < -0.3 is 10.8 Å². The number of halogens is 1. The monoisotopic (exact) mass is 260 g/mol. The fourth-order valence-electron chi connectivity index (χ4n) is 1.31. The predicted molar refractivity (Wildman–Crippen MR) is 61.4 cm³/mol. The summed E-state index contributed by atoms with van der Waals surface area (Å²) in [5.41, 5.74) is 4.60. The molecule has 1 rings (SSSR count). The van der Waals surface area contributed by atoms with Crippen molar-refractivity contribution in [1.29, 1.82) is 0 Å². The highest BCUT2D eigenvalue weighted by molar-refractivity contribution is 6.30. The molecular weight excluding hydrogens is 252 g/mol. The molecule has 0 saturated carbocycles. The number of nitrogens with zero attached hydrogens (tertiary/aromatic N) is 3. The summed E-state index contributed by atoms with van der Waals surface area (Å²) in [5, 5.41) is 19.6. The van der Waals surface area contributed by atoms with E-state index >= 15 is 0 Å². The fourth-order valence-corrected chi connectivity index (χ4v) is 1.51. The number of rotatable bonds is 3. The molecular formula is C8H9ClN4O4. The van der Waals surface area contributed by atoms with E-state index in [9.17, 15) is 14.9 Å². The van der Waals surface area contributed by atoms with Gasteiger partial charge in [-0.2, -0.15) is 0 Å². The molecule has 1 aromatic heterocycles. The van der Waals surface area contributed by atoms with Crippen LogP contribution in [0, 0.1) is 10.1 Å². The lowest BCUT2D eigenvalue weighted by atomic mass is 10.3. The topological polar surface area (TPSA) is 123 Å². The van der Waals surface area contributed by atoms with Gasteiger partial charge >= 0.3 is 11.8 Å². The summed E-state index contributed by atoms with van der Waals surface area (Å²) < 4.78 is 0. The van der Waals surface area contributed by atoms with Crippen molar-refractivity contribution in [2.75, 3.05) is 17.2 Å². The van der Waals surface area contributed by atoms with E-state index < -0.39 is 22.5 Å². The van der Waals surface area contributed by atoms with E-state index in [-0.39, 0.29) is 17.4 Å². The van der Waals surface area contributed by atoms with Crippen molar-refractivity contribution in [1.82, 2.24) is 4.98 Å². The average Bonchev–Trinajstić information content (AvgIpc) is 2.15. The maximum Gasteiger partial charge on any atom is 0.412 e. The first-order valence-corrected chi connectivity index (χ1v) is 4.87. The summed E-state index contributed by atoms with van der Waals surface area (Å²) in [4.78, 5) is 25.2. The molecule has 1 heterocycles. The molecule has 1 aromatic rings. The minimum atomic E-state index is -1.34. The molecule has 0 fully saturated rings. The third kappa shape index (κ3) is 2.53. The van der Waals surface area contributed by atoms with Crippen LogP contribution in [0.3, 0.4) is 0 Å². The highest BCUT2D eigenvalue weighted by atomic mass is 35.5. The molecule has 92 valence electrons. The van der Waals surface area contributed by atoms with Gasteiger partial charge in [0.2, 0.25) is 5.82 Å². The number of amides is 1. The van der Waals surface area contributed by atoms with Crippen molar-refractivity contribution >= 4 is 34.9 Å². The maximum absolute atomic E-state index is 10.9. The molecule has 0 radical (unpaired) electrons. The van der Waals surface area contributed by atoms with Crippen LogP contribution in [-0.4, -0.2) is 27.7 Å². The van der Waals surface area contributed by atoms with Gasteiger partial charge in [0.05, 0.1) is 4.92 Å². The number of hydrogen-bond donors (Lipinski definition) is 2. The Balaban J connectivity index is 3.49. The van der Waals surface area contributed by atoms with Crippen LogP contribution >= 0.6 is 11.6 Å². The molecule has 1 amide bonds. The zero-order valence-electron chi connectivity index (χ0n) is 8.75. The first kappa shape index (κ1) is 13.0. The number of carbonyl (C=O) groups is 1. The number of nitrogens with two attached hydrogens (primary N) is 1. The van der Waals surface area contributed by atoms with Gasteiger partial charge in [-0.25, -0.2) is 9.78 Å². The number of nitrogen functional groups attached to an aromatic ring is 1. The number of aromatic nitrogens is 1. The summed E-state index contributed by atoms with van der Waals surface area (Å²) in [6.45, 7) is 1.55. The summed E-state index contributed by atoms with van der Waals surface area (Å²) in [6.07, 6.45) is -1.34. The number of hydrogen-bond acceptors (Lipinski definition) is 5. The summed E-state index contributed by atoms with van der Waals surface area (Å²) in [6, 6.07) is 1.09. The summed E-state index contributed by atoms with van der Waals surface area (Å²) in [7, 11) is 0. The Labute approximate surface area is 101 Å². The van der Waals surface area contributed by atoms with E-state index in [1.54, 1.807) is 0 Å². The molecule has 0 aromatic carbocycles. The van der Waals surface area contributed by atoms with Crippen LogP contribution in [0.4, 0.5) is 22.0 Å². The lowest BCUT2D eigenvalue weighted by molar-refractivity contribution is -0.383. The van der Waals surface area contributed by atoms with Crippen molar-refractivity contribution in [3.63, 3.8) is 0 Å². The molecule has 0 atom stereocenters. The smallest absolute Gasteiger partial charge is 0.412 e. The zero-order valence-corrected chi connectivity index (χ0v) is 9.51. The molecule has 0 unspecified atom stereocenters. The van der Waals surface area contributed by atoms with Crippen LogP contribution in [0.5, 0.6) is 0 Å². The van der Waals surface area contributed by atoms with Gasteiger partial charge in [-0.15, -0.1) is 0 Å². The number of anilines is 2. The molecule has 8 nitrogen and oxygen atoms in total. The standard InChI is InChI=1S/C8H9ClN4O4/c1-2-12(8(14)15)4-3-5(9)11-7(10)6(4)13(16)17/h3H,2H2,1H3,(H2,10,11)(H,14,15). The zero-order chi connectivity index (χ0) is 13.2. The Kier molecular flexibility index (Phi) is 3.69. The molecule has 9 heteroatoms. The first-order valence-electron chi connectivity index (χ1n) is 4.49. The number of nitro groups is 1. The van der Waals surface area contributed by atoms with Gasteiger partial charge in [-0.05, 0) is 6.92 Å². The second kappa shape index (κ2) is 4.83. The molecule has 0 aliphatic rings. The Morgan fingerprint density at radius 3 is 2.76 bits per heavy atom. The van der Waals surface area contributed by atoms with Gasteiger partial charge in [-0.3, -0.25) is 15.0 Å². The normalized spacial score (nSPS) is 10.0. The highest BCUT2D eigenvalue weighted by Crippen LogP contribution is 2.34. The lowest BCUT2D eigenvalue weighted by Crippen LogP contribution is -2.29. The van der Waals surface area contributed by atoms with Gasteiger partial charge in [0.25, 0.3) is 0 Å². The second-order valence-corrected chi connectivity index (χ2v) is 3.37. The molecule has 0 aliphatic heterocycles. The Hall–Kier alpha value is -2.09. The maximum atomic E-state index is 10.9. The van der Waals surface area contributed by atoms with Crippen molar-refractivity contribution in [2.45, 2.75) is 6.92 Å². The third-order valence-corrected chi connectivity index (χ3v) is 2.18. The first-order chi connectivity index (χ1) is 7.88. The lowest BCUT2D eigenvalue weighted by Gasteiger charge is -2.17. The average molecular weight is 261 g/mol. The fraction of sp³-hybridized carbons (Fsp3) is 0.250. The van der Waals surface area contributed by atoms with E-state index in [0.29, 0.717) is 0 Å².